The molecule has 2 aromatic rings. The second kappa shape index (κ2) is 9.46. The summed E-state index contributed by atoms with van der Waals surface area (Å²) in [5.74, 6) is 0.0131. The maximum Gasteiger partial charge on any atom is 0.246 e. The predicted molar refractivity (Wildman–Crippen MR) is 127 cm³/mol. The van der Waals surface area contributed by atoms with Gasteiger partial charge in [-0.2, -0.15) is 0 Å². The third-order valence-corrected chi connectivity index (χ3v) is 7.15. The molecular formula is C24H27NOP2. The number of carbonyl (C=O) groups is 1. The van der Waals surface area contributed by atoms with Crippen molar-refractivity contribution < 1.29 is 4.79 Å². The molecule has 3 unspecified atom stereocenters. The zero-order chi connectivity index (χ0) is 20.1. The van der Waals surface area contributed by atoms with Crippen LogP contribution in [0.5, 0.6) is 0 Å². The van der Waals surface area contributed by atoms with Crippen LogP contribution in [0, 0.1) is 6.92 Å². The van der Waals surface area contributed by atoms with Gasteiger partial charge in [-0.15, -0.1) is 0 Å². The van der Waals surface area contributed by atoms with Gasteiger partial charge >= 0.3 is 0 Å². The zero-order valence-corrected chi connectivity index (χ0v) is 18.7. The van der Waals surface area contributed by atoms with Crippen LogP contribution in [0.15, 0.2) is 61.2 Å². The van der Waals surface area contributed by atoms with Gasteiger partial charge in [0.1, 0.15) is 0 Å². The number of amides is 1. The molecule has 0 radical (unpaired) electrons. The Morgan fingerprint density at radius 2 is 2.07 bits per heavy atom. The highest BCUT2D eigenvalue weighted by molar-refractivity contribution is 7.46. The molecule has 0 aliphatic carbocycles. The van der Waals surface area contributed by atoms with Crippen molar-refractivity contribution in [2.45, 2.75) is 25.9 Å². The Labute approximate surface area is 171 Å². The average molecular weight is 407 g/mol. The van der Waals surface area contributed by atoms with E-state index in [-0.39, 0.29) is 5.91 Å². The SMILES string of the molecule is C=C(c1ccccc1PC)c1cc(CC2C=CC(=O)NP2)cc(/C=C\C)c1C. The van der Waals surface area contributed by atoms with Gasteiger partial charge in [-0.25, -0.2) is 0 Å². The summed E-state index contributed by atoms with van der Waals surface area (Å²) in [4.78, 5) is 11.4. The van der Waals surface area contributed by atoms with Crippen molar-refractivity contribution in [2.24, 2.45) is 0 Å². The smallest absolute Gasteiger partial charge is 0.246 e. The van der Waals surface area contributed by atoms with Gasteiger partial charge in [-0.3, -0.25) is 4.79 Å². The highest BCUT2D eigenvalue weighted by Crippen LogP contribution is 2.31. The summed E-state index contributed by atoms with van der Waals surface area (Å²) in [7, 11) is 1.17. The van der Waals surface area contributed by atoms with E-state index in [1.165, 1.54) is 33.1 Å². The molecule has 0 spiro atoms. The number of allylic oxidation sites excluding steroid dienone is 2. The lowest BCUT2D eigenvalue weighted by atomic mass is 9.89. The van der Waals surface area contributed by atoms with Crippen LogP contribution < -0.4 is 10.4 Å². The standard InChI is InChI=1S/C24H27NOP2/c1-5-8-19-13-18(14-20-11-12-24(26)25-28-20)15-22(16(19)2)17(3)21-9-6-7-10-23(21)27-4/h5-13,15,20,27-28H,3,14H2,1-2,4H3,(H,25,26)/b8-5-. The second-order valence-corrected chi connectivity index (χ2v) is 9.25. The number of hydrogen-bond acceptors (Lipinski definition) is 1. The number of benzene rings is 2. The van der Waals surface area contributed by atoms with E-state index in [1.807, 2.05) is 6.08 Å². The lowest BCUT2D eigenvalue weighted by Gasteiger charge is -2.20. The van der Waals surface area contributed by atoms with Gasteiger partial charge in [0.05, 0.1) is 0 Å². The van der Waals surface area contributed by atoms with Gasteiger partial charge in [-0.1, -0.05) is 69.8 Å². The van der Waals surface area contributed by atoms with Crippen LogP contribution in [0.1, 0.15) is 34.7 Å². The molecule has 0 saturated heterocycles. The first-order chi connectivity index (χ1) is 13.5. The first-order valence-electron chi connectivity index (χ1n) is 9.49. The van der Waals surface area contributed by atoms with E-state index < -0.39 is 0 Å². The van der Waals surface area contributed by atoms with Gasteiger partial charge in [0.2, 0.25) is 5.91 Å². The topological polar surface area (TPSA) is 29.1 Å². The molecule has 1 N–H and O–H groups in total. The fourth-order valence-corrected chi connectivity index (χ4v) is 5.23. The first-order valence-corrected chi connectivity index (χ1v) is 12.1. The summed E-state index contributed by atoms with van der Waals surface area (Å²) < 4.78 is 0. The highest BCUT2D eigenvalue weighted by atomic mass is 31.1. The Morgan fingerprint density at radius 1 is 1.29 bits per heavy atom. The molecule has 28 heavy (non-hydrogen) atoms. The molecule has 0 fully saturated rings. The molecule has 4 heteroatoms. The van der Waals surface area contributed by atoms with Crippen LogP contribution in [0.2, 0.25) is 0 Å². The fraction of sp³-hybridized carbons (Fsp3) is 0.208. The monoisotopic (exact) mass is 407 g/mol. The maximum absolute atomic E-state index is 11.4. The van der Waals surface area contributed by atoms with Crippen molar-refractivity contribution in [1.82, 2.24) is 5.09 Å². The quantitative estimate of drug-likeness (QED) is 0.654. The van der Waals surface area contributed by atoms with Crippen LogP contribution >= 0.6 is 17.3 Å². The molecule has 1 amide bonds. The maximum atomic E-state index is 11.4. The van der Waals surface area contributed by atoms with Crippen LogP contribution in [-0.2, 0) is 11.2 Å². The van der Waals surface area contributed by atoms with E-state index in [0.29, 0.717) is 14.4 Å². The number of rotatable bonds is 6. The van der Waals surface area contributed by atoms with Crippen LogP contribution in [0.3, 0.4) is 0 Å². The zero-order valence-electron chi connectivity index (χ0n) is 16.7. The molecule has 2 nitrogen and oxygen atoms in total. The van der Waals surface area contributed by atoms with Gasteiger partial charge in [0.25, 0.3) is 0 Å². The Hall–Kier alpha value is -2.01. The number of carbonyl (C=O) groups excluding carboxylic acids is 1. The summed E-state index contributed by atoms with van der Waals surface area (Å²) in [6.07, 6.45) is 8.86. The molecular weight excluding hydrogens is 380 g/mol. The van der Waals surface area contributed by atoms with Crippen molar-refractivity contribution in [3.05, 3.63) is 89.0 Å². The van der Waals surface area contributed by atoms with Gasteiger partial charge in [-0.05, 0) is 80.4 Å². The van der Waals surface area contributed by atoms with E-state index in [4.69, 9.17) is 0 Å². The molecule has 0 bridgehead atoms. The summed E-state index contributed by atoms with van der Waals surface area (Å²) >= 11 is 0. The molecule has 3 rings (SSSR count). The third-order valence-electron chi connectivity index (χ3n) is 5.02. The minimum atomic E-state index is 0.0131. The molecule has 1 aliphatic rings. The van der Waals surface area contributed by atoms with Gasteiger partial charge < -0.3 is 5.09 Å². The number of hydrogen-bond donors (Lipinski definition) is 1. The third kappa shape index (κ3) is 4.69. The van der Waals surface area contributed by atoms with Crippen LogP contribution in [0.25, 0.3) is 11.6 Å². The lowest BCUT2D eigenvalue weighted by Crippen LogP contribution is -2.21. The normalized spacial score (nSPS) is 17.7. The molecule has 1 aliphatic heterocycles. The van der Waals surface area contributed by atoms with E-state index in [1.54, 1.807) is 6.08 Å². The largest absolute Gasteiger partial charge is 0.334 e. The van der Waals surface area contributed by atoms with Crippen molar-refractivity contribution in [3.63, 3.8) is 0 Å². The second-order valence-electron chi connectivity index (χ2n) is 6.94. The molecule has 0 saturated carbocycles. The van der Waals surface area contributed by atoms with E-state index >= 15 is 0 Å². The van der Waals surface area contributed by atoms with Crippen LogP contribution in [-0.4, -0.2) is 18.2 Å². The molecule has 0 aromatic heterocycles. The number of nitrogens with one attached hydrogen (secondary N) is 1. The average Bonchev–Trinajstić information content (AvgIpc) is 2.71. The van der Waals surface area contributed by atoms with Crippen molar-refractivity contribution >= 4 is 40.2 Å². The Bertz CT molecular complexity index is 959. The minimum Gasteiger partial charge on any atom is -0.334 e. The minimum absolute atomic E-state index is 0.0131. The molecule has 2 aromatic carbocycles. The molecule has 144 valence electrons. The van der Waals surface area contributed by atoms with Gasteiger partial charge in [0.15, 0.2) is 0 Å². The molecule has 1 heterocycles. The lowest BCUT2D eigenvalue weighted by molar-refractivity contribution is -0.114. The van der Waals surface area contributed by atoms with Crippen LogP contribution in [0.4, 0.5) is 0 Å². The highest BCUT2D eigenvalue weighted by Gasteiger charge is 2.16. The summed E-state index contributed by atoms with van der Waals surface area (Å²) in [6.45, 7) is 10.9. The Morgan fingerprint density at radius 3 is 2.75 bits per heavy atom. The van der Waals surface area contributed by atoms with E-state index in [0.717, 1.165) is 20.6 Å². The van der Waals surface area contributed by atoms with Gasteiger partial charge in [0, 0.05) is 5.66 Å². The summed E-state index contributed by atoms with van der Waals surface area (Å²) in [5, 5.41) is 4.30. The van der Waals surface area contributed by atoms with Crippen molar-refractivity contribution in [1.29, 1.82) is 0 Å². The fourth-order valence-electron chi connectivity index (χ4n) is 3.52. The van der Waals surface area contributed by atoms with E-state index in [9.17, 15) is 4.79 Å². The Balaban J connectivity index is 2.02. The summed E-state index contributed by atoms with van der Waals surface area (Å²) in [6, 6.07) is 13.1. The summed E-state index contributed by atoms with van der Waals surface area (Å²) in [5.41, 5.74) is 7.67. The van der Waals surface area contributed by atoms with Crippen molar-refractivity contribution in [2.75, 3.05) is 6.66 Å². The first kappa shape index (κ1) is 20.7. The Kier molecular flexibility index (Phi) is 7.00. The van der Waals surface area contributed by atoms with Crippen molar-refractivity contribution in [3.8, 4) is 0 Å². The molecule has 3 atom stereocenters. The predicted octanol–water partition coefficient (Wildman–Crippen LogP) is 5.21. The van der Waals surface area contributed by atoms with E-state index in [2.05, 4.69) is 80.7 Å².